The molecule has 0 spiro atoms. The summed E-state index contributed by atoms with van der Waals surface area (Å²) in [5.41, 5.74) is 0. The third-order valence-electron chi connectivity index (χ3n) is 0. The standard InChI is InChI=1S/3H2NO.Rh/c3*1-2;/h3*1H2;/q3*-1;+3. The molecule has 0 heterocycles. The van der Waals surface area contributed by atoms with Crippen LogP contribution < -0.4 is 17.7 Å². The van der Waals surface area contributed by atoms with Gasteiger partial charge < -0.3 is 33.3 Å². The van der Waals surface area contributed by atoms with Crippen LogP contribution >= 0.6 is 0 Å². The van der Waals surface area contributed by atoms with Crippen molar-refractivity contribution >= 4 is 0 Å². The zero-order valence-electron chi connectivity index (χ0n) is 3.29. The van der Waals surface area contributed by atoms with Crippen LogP contribution in [0.15, 0.2) is 0 Å². The third-order valence-corrected chi connectivity index (χ3v) is 0. The minimum absolute atomic E-state index is 0. The normalized spacial score (nSPS) is 2.57. The predicted octanol–water partition coefficient (Wildman–Crippen LogP) is -1.67. The second kappa shape index (κ2) is 1260. The molecule has 0 aromatic heterocycles. The van der Waals surface area contributed by atoms with Crippen molar-refractivity contribution in [3.05, 3.63) is 15.6 Å². The van der Waals surface area contributed by atoms with Crippen molar-refractivity contribution in [1.82, 2.24) is 0 Å². The molecule has 0 unspecified atom stereocenters. The summed E-state index contributed by atoms with van der Waals surface area (Å²) in [6.07, 6.45) is 0. The van der Waals surface area contributed by atoms with Crippen LogP contribution in [-0.4, -0.2) is 0 Å². The maximum absolute atomic E-state index is 7.75. The van der Waals surface area contributed by atoms with E-state index in [1.165, 1.54) is 0 Å². The average molecular weight is 199 g/mol. The first-order valence-corrected chi connectivity index (χ1v) is 0.707. The molecule has 0 saturated heterocycles. The van der Waals surface area contributed by atoms with Gasteiger partial charge in [0.1, 0.15) is 0 Å². The van der Waals surface area contributed by atoms with Gasteiger partial charge in [-0.05, 0) is 0 Å². The Balaban J connectivity index is -0.00000000900. The van der Waals surface area contributed by atoms with E-state index in [2.05, 4.69) is 17.7 Å². The molecule has 0 saturated carbocycles. The van der Waals surface area contributed by atoms with E-state index in [1.807, 2.05) is 0 Å². The zero-order chi connectivity index (χ0) is 6.00. The number of hydrogen-bond donors (Lipinski definition) is 3. The van der Waals surface area contributed by atoms with Crippen molar-refractivity contribution in [3.8, 4) is 0 Å². The number of nitrogens with two attached hydrogens (primary N) is 3. The second-order valence-corrected chi connectivity index (χ2v) is 0. The van der Waals surface area contributed by atoms with Gasteiger partial charge in [-0.25, -0.2) is 0 Å². The predicted molar refractivity (Wildman–Crippen MR) is 22.7 cm³/mol. The molecule has 0 fully saturated rings. The molecule has 0 radical (unpaired) electrons. The second-order valence-electron chi connectivity index (χ2n) is 0. The molecule has 0 rings (SSSR count). The van der Waals surface area contributed by atoms with Crippen LogP contribution in [0.5, 0.6) is 0 Å². The first kappa shape index (κ1) is 26.3. The van der Waals surface area contributed by atoms with Crippen LogP contribution in [0.25, 0.3) is 0 Å². The van der Waals surface area contributed by atoms with E-state index in [0.29, 0.717) is 0 Å². The van der Waals surface area contributed by atoms with Gasteiger partial charge in [0.25, 0.3) is 0 Å². The fraction of sp³-hybridized carbons (Fsp3) is 0. The van der Waals surface area contributed by atoms with Crippen LogP contribution in [0.2, 0.25) is 0 Å². The van der Waals surface area contributed by atoms with Gasteiger partial charge >= 0.3 is 19.5 Å². The summed E-state index contributed by atoms with van der Waals surface area (Å²) < 4.78 is 0. The Hall–Kier alpha value is 0.383. The largest absolute Gasteiger partial charge is 3.00 e. The Morgan fingerprint density at radius 2 is 0.571 bits per heavy atom. The number of rotatable bonds is 0. The SMILES string of the molecule is N[O-].N[O-].N[O-].[Rh+3]. The van der Waals surface area contributed by atoms with Gasteiger partial charge in [0, 0.05) is 0 Å². The first-order chi connectivity index (χ1) is 3.00. The van der Waals surface area contributed by atoms with Crippen molar-refractivity contribution in [3.63, 3.8) is 0 Å². The van der Waals surface area contributed by atoms with Crippen LogP contribution in [-0.2, 0) is 19.5 Å². The summed E-state index contributed by atoms with van der Waals surface area (Å²) in [5.74, 6) is 9.75. The van der Waals surface area contributed by atoms with E-state index >= 15 is 0 Å². The van der Waals surface area contributed by atoms with E-state index in [9.17, 15) is 0 Å². The van der Waals surface area contributed by atoms with Gasteiger partial charge in [-0.2, -0.15) is 0 Å². The molecule has 0 aliphatic carbocycles. The van der Waals surface area contributed by atoms with Crippen LogP contribution in [0.4, 0.5) is 0 Å². The van der Waals surface area contributed by atoms with Crippen LogP contribution in [0.3, 0.4) is 0 Å². The summed E-state index contributed by atoms with van der Waals surface area (Å²) in [5, 5.41) is 23.2. The monoisotopic (exact) mass is 199 g/mol. The molecule has 6 N–H and O–H groups in total. The summed E-state index contributed by atoms with van der Waals surface area (Å²) in [7, 11) is 0. The van der Waals surface area contributed by atoms with Gasteiger partial charge in [0.15, 0.2) is 0 Å². The smallest absolute Gasteiger partial charge is 0.790 e. The Kier molecular flexibility index (Phi) is 4730. The fourth-order valence-electron chi connectivity index (χ4n) is 0. The maximum Gasteiger partial charge on any atom is 3.00 e. The van der Waals surface area contributed by atoms with Gasteiger partial charge in [-0.1, -0.05) is 0 Å². The van der Waals surface area contributed by atoms with Gasteiger partial charge in [0.2, 0.25) is 0 Å². The van der Waals surface area contributed by atoms with E-state index in [4.69, 9.17) is 15.6 Å². The minimum Gasteiger partial charge on any atom is -0.790 e. The summed E-state index contributed by atoms with van der Waals surface area (Å²) in [4.78, 5) is 0. The van der Waals surface area contributed by atoms with Crippen LogP contribution in [0.1, 0.15) is 0 Å². The molecule has 7 heavy (non-hydrogen) atoms. The molecule has 0 aromatic rings. The Bertz CT molecular complexity index is 10.1. The van der Waals surface area contributed by atoms with Crippen molar-refractivity contribution in [1.29, 1.82) is 0 Å². The molecular formula is H6N3O3Rh. The minimum atomic E-state index is 0. The van der Waals surface area contributed by atoms with Crippen LogP contribution in [0, 0.1) is 15.6 Å². The van der Waals surface area contributed by atoms with Crippen molar-refractivity contribution in [2.75, 3.05) is 0 Å². The molecule has 7 heteroatoms. The van der Waals surface area contributed by atoms with Gasteiger partial charge in [0.05, 0.1) is 0 Å². The Morgan fingerprint density at radius 1 is 0.571 bits per heavy atom. The molecule has 0 aliphatic heterocycles. The maximum atomic E-state index is 7.75. The quantitative estimate of drug-likeness (QED) is 0.313. The Labute approximate surface area is 53.5 Å². The fourth-order valence-corrected chi connectivity index (χ4v) is 0. The molecule has 0 amide bonds. The molecule has 6 nitrogen and oxygen atoms in total. The van der Waals surface area contributed by atoms with Gasteiger partial charge in [-0.3, -0.25) is 0 Å². The molecule has 0 aromatic carbocycles. The van der Waals surface area contributed by atoms with E-state index in [1.54, 1.807) is 0 Å². The van der Waals surface area contributed by atoms with Crippen molar-refractivity contribution in [2.24, 2.45) is 17.7 Å². The van der Waals surface area contributed by atoms with Crippen molar-refractivity contribution in [2.45, 2.75) is 0 Å². The Morgan fingerprint density at radius 3 is 0.571 bits per heavy atom. The summed E-state index contributed by atoms with van der Waals surface area (Å²) in [6, 6.07) is 0. The summed E-state index contributed by atoms with van der Waals surface area (Å²) >= 11 is 0. The number of hydrogen-bond acceptors (Lipinski definition) is 6. The van der Waals surface area contributed by atoms with Crippen molar-refractivity contribution < 1.29 is 19.5 Å². The van der Waals surface area contributed by atoms with Gasteiger partial charge in [-0.15, -0.1) is 0 Å². The molecule has 48 valence electrons. The summed E-state index contributed by atoms with van der Waals surface area (Å²) in [6.45, 7) is 0. The molecule has 0 aliphatic rings. The molecular weight excluding hydrogens is 193 g/mol. The first-order valence-electron chi connectivity index (χ1n) is 0.707. The molecule has 0 atom stereocenters. The van der Waals surface area contributed by atoms with E-state index in [-0.39, 0.29) is 19.5 Å². The molecule has 0 bridgehead atoms. The topological polar surface area (TPSA) is 147 Å². The zero-order valence-corrected chi connectivity index (χ0v) is 4.93. The van der Waals surface area contributed by atoms with E-state index in [0.717, 1.165) is 0 Å². The third kappa shape index (κ3) is 834. The average Bonchev–Trinajstić information content (AvgIpc) is 1.81. The van der Waals surface area contributed by atoms with E-state index < -0.39 is 0 Å².